The van der Waals surface area contributed by atoms with Gasteiger partial charge < -0.3 is 4.90 Å². The van der Waals surface area contributed by atoms with E-state index in [1.165, 1.54) is 12.8 Å². The highest BCUT2D eigenvalue weighted by molar-refractivity contribution is 5.59. The first-order chi connectivity index (χ1) is 10.9. The lowest BCUT2D eigenvalue weighted by atomic mass is 9.55. The van der Waals surface area contributed by atoms with Crippen molar-refractivity contribution in [2.45, 2.75) is 50.5 Å². The number of fused-ring (bicyclic) bond motifs is 1. The van der Waals surface area contributed by atoms with Crippen LogP contribution in [0.15, 0.2) is 48.5 Å². The van der Waals surface area contributed by atoms with Crippen molar-refractivity contribution < 1.29 is 0 Å². The quantitative estimate of drug-likeness (QED) is 0.759. The van der Waals surface area contributed by atoms with Crippen molar-refractivity contribution in [3.63, 3.8) is 0 Å². The van der Waals surface area contributed by atoms with Crippen molar-refractivity contribution in [2.75, 3.05) is 13.6 Å². The second kappa shape index (κ2) is 4.95. The zero-order chi connectivity index (χ0) is 16.2. The van der Waals surface area contributed by atoms with E-state index in [1.54, 1.807) is 22.3 Å². The van der Waals surface area contributed by atoms with E-state index in [0.717, 1.165) is 6.54 Å². The summed E-state index contributed by atoms with van der Waals surface area (Å²) in [4.78, 5) is 2.53. The van der Waals surface area contributed by atoms with Crippen LogP contribution in [0.5, 0.6) is 0 Å². The fraction of sp³-hybridized carbons (Fsp3) is 0.455. The Kier molecular flexibility index (Phi) is 3.22. The maximum atomic E-state index is 2.53. The third kappa shape index (κ3) is 2.10. The van der Waals surface area contributed by atoms with Gasteiger partial charge in [0.1, 0.15) is 0 Å². The molecular weight excluding hydrogens is 278 g/mol. The van der Waals surface area contributed by atoms with Crippen LogP contribution < -0.4 is 0 Å². The van der Waals surface area contributed by atoms with Gasteiger partial charge in [-0.2, -0.15) is 0 Å². The number of hydrogen-bond acceptors (Lipinski definition) is 1. The van der Waals surface area contributed by atoms with Gasteiger partial charge in [0.05, 0.1) is 0 Å². The van der Waals surface area contributed by atoms with E-state index in [4.69, 9.17) is 0 Å². The van der Waals surface area contributed by atoms with Gasteiger partial charge in [0, 0.05) is 23.4 Å². The van der Waals surface area contributed by atoms with Crippen molar-refractivity contribution in [3.05, 3.63) is 70.8 Å². The molecule has 2 aromatic rings. The van der Waals surface area contributed by atoms with Gasteiger partial charge in [-0.25, -0.2) is 0 Å². The number of benzene rings is 2. The van der Waals surface area contributed by atoms with E-state index in [2.05, 4.69) is 81.2 Å². The van der Waals surface area contributed by atoms with Crippen LogP contribution in [-0.4, -0.2) is 24.0 Å². The molecule has 2 aromatic carbocycles. The smallest absolute Gasteiger partial charge is 0.0336 e. The Morgan fingerprint density at radius 2 is 1.48 bits per heavy atom. The summed E-state index contributed by atoms with van der Waals surface area (Å²) in [6.45, 7) is 8.04. The van der Waals surface area contributed by atoms with Gasteiger partial charge in [-0.1, -0.05) is 48.5 Å². The molecule has 0 heterocycles. The topological polar surface area (TPSA) is 3.24 Å². The average molecular weight is 305 g/mol. The van der Waals surface area contributed by atoms with E-state index in [0.29, 0.717) is 5.92 Å². The number of nitrogens with zero attached hydrogens (tertiary/aromatic N) is 1. The molecule has 120 valence electrons. The molecule has 3 aliphatic rings. The second-order valence-corrected chi connectivity index (χ2v) is 8.37. The fourth-order valence-corrected chi connectivity index (χ4v) is 4.65. The molecule has 2 bridgehead atoms. The molecule has 1 nitrogen and oxygen atoms in total. The van der Waals surface area contributed by atoms with E-state index < -0.39 is 0 Å². The first-order valence-corrected chi connectivity index (χ1v) is 8.83. The van der Waals surface area contributed by atoms with Gasteiger partial charge in [-0.05, 0) is 62.9 Å². The van der Waals surface area contributed by atoms with Crippen LogP contribution in [-0.2, 0) is 5.41 Å². The van der Waals surface area contributed by atoms with E-state index in [9.17, 15) is 0 Å². The molecule has 0 saturated carbocycles. The largest absolute Gasteiger partial charge is 0.300 e. The molecule has 0 spiro atoms. The summed E-state index contributed by atoms with van der Waals surface area (Å²) in [6, 6.07) is 18.4. The highest BCUT2D eigenvalue weighted by Crippen LogP contribution is 2.56. The zero-order valence-corrected chi connectivity index (χ0v) is 14.8. The number of hydrogen-bond donors (Lipinski definition) is 0. The van der Waals surface area contributed by atoms with Crippen LogP contribution in [0.25, 0.3) is 0 Å². The molecule has 0 aromatic heterocycles. The van der Waals surface area contributed by atoms with E-state index in [-0.39, 0.29) is 11.0 Å². The van der Waals surface area contributed by atoms with Gasteiger partial charge in [-0.3, -0.25) is 0 Å². The second-order valence-electron chi connectivity index (χ2n) is 8.37. The molecule has 0 saturated heterocycles. The van der Waals surface area contributed by atoms with Crippen LogP contribution in [0, 0.1) is 0 Å². The van der Waals surface area contributed by atoms with E-state index >= 15 is 0 Å². The minimum Gasteiger partial charge on any atom is -0.300 e. The van der Waals surface area contributed by atoms with Crippen LogP contribution in [0.4, 0.5) is 0 Å². The lowest BCUT2D eigenvalue weighted by molar-refractivity contribution is 0.133. The number of likely N-dealkylation sites (N-methyl/N-ethyl adjacent to an activating group) is 1. The molecule has 0 amide bonds. The van der Waals surface area contributed by atoms with Crippen molar-refractivity contribution in [3.8, 4) is 0 Å². The molecule has 23 heavy (non-hydrogen) atoms. The van der Waals surface area contributed by atoms with Gasteiger partial charge >= 0.3 is 0 Å². The van der Waals surface area contributed by atoms with Gasteiger partial charge in [0.2, 0.25) is 0 Å². The van der Waals surface area contributed by atoms with Crippen LogP contribution in [0.3, 0.4) is 0 Å². The Morgan fingerprint density at radius 1 is 0.957 bits per heavy atom. The zero-order valence-electron chi connectivity index (χ0n) is 14.8. The maximum absolute atomic E-state index is 2.53. The minimum atomic E-state index is 0.157. The summed E-state index contributed by atoms with van der Waals surface area (Å²) < 4.78 is 0. The molecule has 3 aliphatic carbocycles. The molecule has 0 atom stereocenters. The van der Waals surface area contributed by atoms with Crippen LogP contribution in [0.1, 0.15) is 61.8 Å². The third-order valence-electron chi connectivity index (χ3n) is 6.22. The highest BCUT2D eigenvalue weighted by Gasteiger charge is 2.48. The molecule has 0 N–H and O–H groups in total. The fourth-order valence-electron chi connectivity index (χ4n) is 4.65. The summed E-state index contributed by atoms with van der Waals surface area (Å²) >= 11 is 0. The molecule has 0 unspecified atom stereocenters. The summed E-state index contributed by atoms with van der Waals surface area (Å²) in [5, 5.41) is 0. The Hall–Kier alpha value is -1.60. The maximum Gasteiger partial charge on any atom is 0.0336 e. The normalized spacial score (nSPS) is 25.3. The SMILES string of the molecule is CN(CC12CCC(c3ccccc31)c1ccccc12)C(C)(C)C. The Morgan fingerprint density at radius 3 is 2.00 bits per heavy atom. The number of rotatable bonds is 2. The average Bonchev–Trinajstić information content (AvgIpc) is 2.55. The van der Waals surface area contributed by atoms with Crippen LogP contribution in [0.2, 0.25) is 0 Å². The first-order valence-electron chi connectivity index (χ1n) is 8.83. The minimum absolute atomic E-state index is 0.157. The van der Waals surface area contributed by atoms with Crippen molar-refractivity contribution >= 4 is 0 Å². The van der Waals surface area contributed by atoms with Gasteiger partial charge in [0.25, 0.3) is 0 Å². The van der Waals surface area contributed by atoms with Crippen molar-refractivity contribution in [1.29, 1.82) is 0 Å². The predicted octanol–water partition coefficient (Wildman–Crippen LogP) is 4.94. The molecule has 0 fully saturated rings. The molecule has 1 heteroatoms. The molecular formula is C22H27N. The van der Waals surface area contributed by atoms with Crippen LogP contribution >= 0.6 is 0 Å². The monoisotopic (exact) mass is 305 g/mol. The summed E-state index contributed by atoms with van der Waals surface area (Å²) in [7, 11) is 2.28. The third-order valence-corrected chi connectivity index (χ3v) is 6.22. The van der Waals surface area contributed by atoms with Gasteiger partial charge in [0.15, 0.2) is 0 Å². The van der Waals surface area contributed by atoms with Gasteiger partial charge in [-0.15, -0.1) is 0 Å². The highest BCUT2D eigenvalue weighted by atomic mass is 15.2. The standard InChI is InChI=1S/C22H27N/c1-21(2,3)23(4)15-22-14-13-16(17-9-5-7-11-19(17)22)18-10-6-8-12-20(18)22/h5-12,16H,13-15H2,1-4H3. The molecule has 0 radical (unpaired) electrons. The molecule has 5 rings (SSSR count). The molecule has 0 aliphatic heterocycles. The first kappa shape index (κ1) is 15.0. The van der Waals surface area contributed by atoms with Crippen molar-refractivity contribution in [2.24, 2.45) is 0 Å². The summed E-state index contributed by atoms with van der Waals surface area (Å²) in [5.41, 5.74) is 6.63. The Bertz CT molecular complexity index is 690. The van der Waals surface area contributed by atoms with E-state index in [1.807, 2.05) is 0 Å². The predicted molar refractivity (Wildman–Crippen MR) is 97.1 cm³/mol. The summed E-state index contributed by atoms with van der Waals surface area (Å²) in [5.74, 6) is 0.601. The lowest BCUT2D eigenvalue weighted by Gasteiger charge is -2.52. The van der Waals surface area contributed by atoms with Crippen molar-refractivity contribution in [1.82, 2.24) is 4.90 Å². The Labute approximate surface area is 140 Å². The Balaban J connectivity index is 1.92. The lowest BCUT2D eigenvalue weighted by Crippen LogP contribution is -2.51. The summed E-state index contributed by atoms with van der Waals surface area (Å²) in [6.07, 6.45) is 2.55.